The number of nitrogens with one attached hydrogen (secondary N) is 1. The number of pyridine rings is 1. The summed E-state index contributed by atoms with van der Waals surface area (Å²) in [5.41, 5.74) is 1.18. The van der Waals surface area contributed by atoms with Gasteiger partial charge in [-0.15, -0.1) is 0 Å². The van der Waals surface area contributed by atoms with E-state index in [4.69, 9.17) is 11.6 Å². The monoisotopic (exact) mass is 340 g/mol. The van der Waals surface area contributed by atoms with Gasteiger partial charge in [0, 0.05) is 19.8 Å². The number of hydrogen-bond acceptors (Lipinski definition) is 2. The van der Waals surface area contributed by atoms with Crippen LogP contribution in [-0.2, 0) is 6.42 Å². The summed E-state index contributed by atoms with van der Waals surface area (Å²) in [7, 11) is 1.74. The van der Waals surface area contributed by atoms with Crippen molar-refractivity contribution in [1.82, 2.24) is 9.88 Å². The molecule has 0 fully saturated rings. The average Bonchev–Trinajstić information content (AvgIpc) is 2.61. The summed E-state index contributed by atoms with van der Waals surface area (Å²) in [6, 6.07) is 15.8. The minimum atomic E-state index is -0.397. The van der Waals surface area contributed by atoms with Gasteiger partial charge >= 0.3 is 0 Å². The molecule has 2 aromatic carbocycles. The molecule has 122 valence electrons. The molecule has 4 nitrogen and oxygen atoms in total. The molecule has 0 aliphatic carbocycles. The highest BCUT2D eigenvalue weighted by Gasteiger charge is 2.13. The Balaban J connectivity index is 1.74. The standard InChI is InChI=1S/C19H17ClN2O2/c1-22(19(24)15-11-17(20)18(23)21-12-15)10-9-14-7-4-6-13-5-2-3-8-16(13)14/h2-8,11-12H,9-10H2,1H3,(H,21,23). The molecule has 0 saturated carbocycles. The van der Waals surface area contributed by atoms with Gasteiger partial charge in [0.1, 0.15) is 5.02 Å². The van der Waals surface area contributed by atoms with Crippen LogP contribution >= 0.6 is 11.6 Å². The summed E-state index contributed by atoms with van der Waals surface area (Å²) in [5.74, 6) is -0.173. The van der Waals surface area contributed by atoms with Crippen molar-refractivity contribution in [1.29, 1.82) is 0 Å². The van der Waals surface area contributed by atoms with Gasteiger partial charge in [0.2, 0.25) is 0 Å². The molecule has 1 heterocycles. The molecule has 3 aromatic rings. The maximum atomic E-state index is 12.4. The van der Waals surface area contributed by atoms with Gasteiger partial charge in [-0.25, -0.2) is 0 Å². The van der Waals surface area contributed by atoms with Gasteiger partial charge in [-0.1, -0.05) is 54.1 Å². The Morgan fingerprint density at radius 2 is 1.92 bits per heavy atom. The zero-order valence-electron chi connectivity index (χ0n) is 13.3. The fourth-order valence-corrected chi connectivity index (χ4v) is 2.87. The first-order chi connectivity index (χ1) is 11.6. The largest absolute Gasteiger partial charge is 0.341 e. The first kappa shape index (κ1) is 16.3. The molecule has 0 saturated heterocycles. The van der Waals surface area contributed by atoms with Crippen molar-refractivity contribution < 1.29 is 4.79 Å². The number of aromatic nitrogens is 1. The highest BCUT2D eigenvalue weighted by molar-refractivity contribution is 6.30. The molecular formula is C19H17ClN2O2. The normalized spacial score (nSPS) is 10.8. The first-order valence-electron chi connectivity index (χ1n) is 7.66. The Hall–Kier alpha value is -2.59. The van der Waals surface area contributed by atoms with Gasteiger partial charge in [-0.05, 0) is 28.8 Å². The molecule has 0 atom stereocenters. The Morgan fingerprint density at radius 1 is 1.17 bits per heavy atom. The van der Waals surface area contributed by atoms with Gasteiger partial charge < -0.3 is 9.88 Å². The Morgan fingerprint density at radius 3 is 2.71 bits per heavy atom. The van der Waals surface area contributed by atoms with Crippen LogP contribution in [0.4, 0.5) is 0 Å². The molecule has 0 bridgehead atoms. The van der Waals surface area contributed by atoms with Gasteiger partial charge in [0.05, 0.1) is 5.56 Å². The van der Waals surface area contributed by atoms with E-state index in [0.29, 0.717) is 12.1 Å². The van der Waals surface area contributed by atoms with E-state index in [-0.39, 0.29) is 10.9 Å². The molecule has 3 rings (SSSR count). The maximum absolute atomic E-state index is 12.4. The van der Waals surface area contributed by atoms with Crippen molar-refractivity contribution in [2.45, 2.75) is 6.42 Å². The van der Waals surface area contributed by atoms with Crippen molar-refractivity contribution in [2.75, 3.05) is 13.6 Å². The second kappa shape index (κ2) is 6.89. The van der Waals surface area contributed by atoms with Crippen LogP contribution in [0.5, 0.6) is 0 Å². The van der Waals surface area contributed by atoms with Gasteiger partial charge in [0.25, 0.3) is 11.5 Å². The molecule has 0 aliphatic rings. The summed E-state index contributed by atoms with van der Waals surface area (Å²) < 4.78 is 0. The highest BCUT2D eigenvalue weighted by Crippen LogP contribution is 2.19. The van der Waals surface area contributed by atoms with Gasteiger partial charge in [-0.2, -0.15) is 0 Å². The van der Waals surface area contributed by atoms with Crippen LogP contribution in [0.2, 0.25) is 5.02 Å². The zero-order chi connectivity index (χ0) is 17.1. The molecule has 5 heteroatoms. The van der Waals surface area contributed by atoms with Crippen LogP contribution in [0, 0.1) is 0 Å². The topological polar surface area (TPSA) is 53.2 Å². The number of hydrogen-bond donors (Lipinski definition) is 1. The van der Waals surface area contributed by atoms with E-state index in [1.54, 1.807) is 11.9 Å². The number of carbonyl (C=O) groups is 1. The number of likely N-dealkylation sites (N-methyl/N-ethyl adjacent to an activating group) is 1. The fourth-order valence-electron chi connectivity index (χ4n) is 2.70. The molecule has 1 amide bonds. The SMILES string of the molecule is CN(CCc1cccc2ccccc12)C(=O)c1c[nH]c(=O)c(Cl)c1. The van der Waals surface area contributed by atoms with Crippen LogP contribution in [-0.4, -0.2) is 29.4 Å². The number of aromatic amines is 1. The van der Waals surface area contributed by atoms with Crippen LogP contribution in [0.3, 0.4) is 0 Å². The van der Waals surface area contributed by atoms with Crippen molar-refractivity contribution in [3.8, 4) is 0 Å². The van der Waals surface area contributed by atoms with Gasteiger partial charge in [0.15, 0.2) is 0 Å². The van der Waals surface area contributed by atoms with Crippen molar-refractivity contribution >= 4 is 28.3 Å². The Kier molecular flexibility index (Phi) is 4.67. The van der Waals surface area contributed by atoms with Crippen molar-refractivity contribution in [3.05, 3.63) is 81.2 Å². The number of benzene rings is 2. The summed E-state index contributed by atoms with van der Waals surface area (Å²) in [5, 5.41) is 2.41. The molecule has 0 spiro atoms. The van der Waals surface area contributed by atoms with Crippen molar-refractivity contribution in [3.63, 3.8) is 0 Å². The van der Waals surface area contributed by atoms with E-state index in [1.165, 1.54) is 28.6 Å². The molecule has 1 aromatic heterocycles. The van der Waals surface area contributed by atoms with Crippen molar-refractivity contribution in [2.24, 2.45) is 0 Å². The number of nitrogens with zero attached hydrogens (tertiary/aromatic N) is 1. The van der Waals surface area contributed by atoms with E-state index in [0.717, 1.165) is 6.42 Å². The lowest BCUT2D eigenvalue weighted by atomic mass is 10.0. The van der Waals surface area contributed by atoms with E-state index >= 15 is 0 Å². The summed E-state index contributed by atoms with van der Waals surface area (Å²) in [6.07, 6.45) is 2.14. The number of amides is 1. The lowest BCUT2D eigenvalue weighted by Gasteiger charge is -2.18. The lowest BCUT2D eigenvalue weighted by molar-refractivity contribution is 0.0796. The Bertz CT molecular complexity index is 944. The summed E-state index contributed by atoms with van der Waals surface area (Å²) in [6.45, 7) is 0.573. The van der Waals surface area contributed by atoms with E-state index < -0.39 is 5.56 Å². The third kappa shape index (κ3) is 3.34. The number of fused-ring (bicyclic) bond motifs is 1. The molecule has 24 heavy (non-hydrogen) atoms. The molecule has 1 N–H and O–H groups in total. The molecule has 0 aliphatic heterocycles. The van der Waals surface area contributed by atoms with Crippen LogP contribution in [0.15, 0.2) is 59.5 Å². The minimum absolute atomic E-state index is 0.0169. The third-order valence-corrected chi connectivity index (χ3v) is 4.33. The number of H-pyrrole nitrogens is 1. The second-order valence-corrected chi connectivity index (χ2v) is 6.09. The third-order valence-electron chi connectivity index (χ3n) is 4.05. The van der Waals surface area contributed by atoms with E-state index in [1.807, 2.05) is 18.2 Å². The lowest BCUT2D eigenvalue weighted by Crippen LogP contribution is -2.29. The van der Waals surface area contributed by atoms with Crippen LogP contribution in [0.1, 0.15) is 15.9 Å². The molecule has 0 radical (unpaired) electrons. The first-order valence-corrected chi connectivity index (χ1v) is 8.04. The quantitative estimate of drug-likeness (QED) is 0.790. The molecule has 0 unspecified atom stereocenters. The van der Waals surface area contributed by atoms with E-state index in [9.17, 15) is 9.59 Å². The number of rotatable bonds is 4. The minimum Gasteiger partial charge on any atom is -0.341 e. The zero-order valence-corrected chi connectivity index (χ0v) is 14.0. The molecular weight excluding hydrogens is 324 g/mol. The predicted octanol–water partition coefficient (Wildman–Crippen LogP) is 3.50. The number of halogens is 1. The summed E-state index contributed by atoms with van der Waals surface area (Å²) >= 11 is 5.79. The van der Waals surface area contributed by atoms with E-state index in [2.05, 4.69) is 29.2 Å². The average molecular weight is 341 g/mol. The van der Waals surface area contributed by atoms with Crippen LogP contribution < -0.4 is 5.56 Å². The van der Waals surface area contributed by atoms with Crippen LogP contribution in [0.25, 0.3) is 10.8 Å². The summed E-state index contributed by atoms with van der Waals surface area (Å²) in [4.78, 5) is 27.8. The Labute approximate surface area is 144 Å². The highest BCUT2D eigenvalue weighted by atomic mass is 35.5. The smallest absolute Gasteiger partial charge is 0.266 e. The number of carbonyl (C=O) groups excluding carboxylic acids is 1. The second-order valence-electron chi connectivity index (χ2n) is 5.68. The fraction of sp³-hybridized carbons (Fsp3) is 0.158. The predicted molar refractivity (Wildman–Crippen MR) is 96.7 cm³/mol. The van der Waals surface area contributed by atoms with Gasteiger partial charge in [-0.3, -0.25) is 9.59 Å². The maximum Gasteiger partial charge on any atom is 0.266 e.